The van der Waals surface area contributed by atoms with Crippen LogP contribution >= 0.6 is 17.2 Å². The number of rotatable bonds is 0. The number of hydrogen-bond donors (Lipinski definition) is 0. The van der Waals surface area contributed by atoms with Crippen LogP contribution in [0.5, 0.6) is 0 Å². The highest BCUT2D eigenvalue weighted by molar-refractivity contribution is 7.59. The van der Waals surface area contributed by atoms with Crippen LogP contribution in [0.15, 0.2) is 0 Å². The molecule has 48 valence electrons. The van der Waals surface area contributed by atoms with Crippen molar-refractivity contribution in [3.63, 3.8) is 0 Å². The van der Waals surface area contributed by atoms with Gasteiger partial charge in [-0.25, -0.2) is 0 Å². The molecule has 0 aliphatic carbocycles. The third-order valence-electron chi connectivity index (χ3n) is 1.49. The van der Waals surface area contributed by atoms with E-state index < -0.39 is 0 Å². The van der Waals surface area contributed by atoms with Crippen molar-refractivity contribution in [2.24, 2.45) is 0 Å². The van der Waals surface area contributed by atoms with Crippen molar-refractivity contribution < 1.29 is 0 Å². The second kappa shape index (κ2) is 2.63. The van der Waals surface area contributed by atoms with Gasteiger partial charge in [-0.1, -0.05) is 13.8 Å². The van der Waals surface area contributed by atoms with E-state index in [4.69, 9.17) is 0 Å². The minimum absolute atomic E-state index is 0.734. The molecule has 0 spiro atoms. The maximum absolute atomic E-state index is 2.41. The molecule has 2 heteroatoms. The maximum Gasteiger partial charge on any atom is -0.000617 e. The fourth-order valence-electron chi connectivity index (χ4n) is 0.953. The van der Waals surface area contributed by atoms with Crippen LogP contribution in [-0.4, -0.2) is 17.2 Å². The van der Waals surface area contributed by atoms with E-state index in [1.54, 1.807) is 0 Å². The molecule has 2 unspecified atom stereocenters. The molecule has 1 rings (SSSR count). The molecule has 0 bridgehead atoms. The van der Waals surface area contributed by atoms with E-state index in [0.717, 1.165) is 4.90 Å². The summed E-state index contributed by atoms with van der Waals surface area (Å²) < 4.78 is 0. The van der Waals surface area contributed by atoms with Gasteiger partial charge in [0.25, 0.3) is 0 Å². The SMILES string of the molecule is CC1(C)PCCCP1. The molecule has 0 radical (unpaired) electrons. The van der Waals surface area contributed by atoms with E-state index >= 15 is 0 Å². The largest absolute Gasteiger partial charge is 0.112 e. The lowest BCUT2D eigenvalue weighted by atomic mass is 10.5. The summed E-state index contributed by atoms with van der Waals surface area (Å²) in [4.78, 5) is 0.734. The third kappa shape index (κ3) is 2.00. The molecule has 0 aromatic heterocycles. The lowest BCUT2D eigenvalue weighted by molar-refractivity contribution is 0.950. The van der Waals surface area contributed by atoms with Gasteiger partial charge in [0.05, 0.1) is 0 Å². The van der Waals surface area contributed by atoms with Gasteiger partial charge in [-0.3, -0.25) is 0 Å². The Morgan fingerprint density at radius 2 is 1.62 bits per heavy atom. The maximum atomic E-state index is 2.41. The summed E-state index contributed by atoms with van der Waals surface area (Å²) in [6.45, 7) is 4.81. The second-order valence-electron chi connectivity index (χ2n) is 2.83. The highest BCUT2D eigenvalue weighted by atomic mass is 31.1. The lowest BCUT2D eigenvalue weighted by Crippen LogP contribution is -2.10. The van der Waals surface area contributed by atoms with E-state index in [1.165, 1.54) is 35.9 Å². The van der Waals surface area contributed by atoms with Crippen LogP contribution in [-0.2, 0) is 0 Å². The Morgan fingerprint density at radius 3 is 1.88 bits per heavy atom. The van der Waals surface area contributed by atoms with Crippen LogP contribution in [0.2, 0.25) is 0 Å². The smallest absolute Gasteiger partial charge is 0.000617 e. The molecule has 0 aromatic carbocycles. The Labute approximate surface area is 55.4 Å². The van der Waals surface area contributed by atoms with E-state index in [2.05, 4.69) is 13.8 Å². The Balaban J connectivity index is 2.33. The highest BCUT2D eigenvalue weighted by Crippen LogP contribution is 2.49. The van der Waals surface area contributed by atoms with Crippen molar-refractivity contribution in [1.29, 1.82) is 0 Å². The zero-order chi connectivity index (χ0) is 6.04. The Bertz CT molecular complexity index is 70.6. The van der Waals surface area contributed by atoms with E-state index in [9.17, 15) is 0 Å². The van der Waals surface area contributed by atoms with Gasteiger partial charge in [-0.15, -0.1) is 17.2 Å². The second-order valence-corrected chi connectivity index (χ2v) is 7.54. The monoisotopic (exact) mass is 148 g/mol. The first-order valence-corrected chi connectivity index (χ1v) is 5.62. The average Bonchev–Trinajstić information content (AvgIpc) is 1.65. The average molecular weight is 148 g/mol. The van der Waals surface area contributed by atoms with Crippen LogP contribution in [0.3, 0.4) is 0 Å². The molecule has 1 saturated heterocycles. The predicted octanol–water partition coefficient (Wildman–Crippen LogP) is 2.48. The Kier molecular flexibility index (Phi) is 2.29. The standard InChI is InChI=1S/C6H14P2/c1-6(2)7-4-3-5-8-6/h7-8H,3-5H2,1-2H3. The molecule has 1 aliphatic heterocycles. The van der Waals surface area contributed by atoms with Crippen molar-refractivity contribution in [1.82, 2.24) is 0 Å². The molecular formula is C6H14P2. The molecule has 1 fully saturated rings. The van der Waals surface area contributed by atoms with Crippen LogP contribution in [0.1, 0.15) is 20.3 Å². The van der Waals surface area contributed by atoms with Gasteiger partial charge < -0.3 is 0 Å². The van der Waals surface area contributed by atoms with Crippen molar-refractivity contribution in [2.45, 2.75) is 25.2 Å². The molecule has 1 aliphatic rings. The summed E-state index contributed by atoms with van der Waals surface area (Å²) in [6, 6.07) is 0. The summed E-state index contributed by atoms with van der Waals surface area (Å²) >= 11 is 0. The Hall–Kier alpha value is 0.860. The van der Waals surface area contributed by atoms with Gasteiger partial charge in [-0.2, -0.15) is 0 Å². The molecule has 0 saturated carbocycles. The zero-order valence-corrected chi connectivity index (χ0v) is 7.62. The van der Waals surface area contributed by atoms with Gasteiger partial charge in [0, 0.05) is 0 Å². The van der Waals surface area contributed by atoms with Gasteiger partial charge in [0.15, 0.2) is 0 Å². The van der Waals surface area contributed by atoms with Crippen molar-refractivity contribution in [3.8, 4) is 0 Å². The fraction of sp³-hybridized carbons (Fsp3) is 1.00. The molecule has 8 heavy (non-hydrogen) atoms. The van der Waals surface area contributed by atoms with Crippen LogP contribution < -0.4 is 0 Å². The van der Waals surface area contributed by atoms with Crippen LogP contribution in [0.25, 0.3) is 0 Å². The van der Waals surface area contributed by atoms with Crippen molar-refractivity contribution in [2.75, 3.05) is 12.3 Å². The summed E-state index contributed by atoms with van der Waals surface area (Å²) in [7, 11) is 2.48. The van der Waals surface area contributed by atoms with Crippen molar-refractivity contribution >= 4 is 17.2 Å². The minimum atomic E-state index is 0.734. The van der Waals surface area contributed by atoms with Gasteiger partial charge in [0.1, 0.15) is 0 Å². The highest BCUT2D eigenvalue weighted by Gasteiger charge is 2.19. The number of hydrogen-bond acceptors (Lipinski definition) is 0. The minimum Gasteiger partial charge on any atom is -0.112 e. The molecule has 0 aromatic rings. The third-order valence-corrected chi connectivity index (χ3v) is 5.52. The summed E-state index contributed by atoms with van der Waals surface area (Å²) in [6.07, 6.45) is 4.50. The fourth-order valence-corrected chi connectivity index (χ4v) is 4.51. The molecule has 0 amide bonds. The zero-order valence-electron chi connectivity index (χ0n) is 5.62. The normalized spacial score (nSPS) is 33.8. The first-order valence-electron chi connectivity index (χ1n) is 3.21. The van der Waals surface area contributed by atoms with Gasteiger partial charge in [0.2, 0.25) is 0 Å². The van der Waals surface area contributed by atoms with Crippen LogP contribution in [0, 0.1) is 0 Å². The van der Waals surface area contributed by atoms with E-state index in [1.807, 2.05) is 0 Å². The first-order chi connectivity index (χ1) is 3.71. The molecular weight excluding hydrogens is 134 g/mol. The quantitative estimate of drug-likeness (QED) is 0.463. The Morgan fingerprint density at radius 1 is 1.12 bits per heavy atom. The van der Waals surface area contributed by atoms with Gasteiger partial charge in [-0.05, 0) is 23.6 Å². The summed E-state index contributed by atoms with van der Waals surface area (Å²) in [5.41, 5.74) is 0. The molecule has 0 nitrogen and oxygen atoms in total. The van der Waals surface area contributed by atoms with E-state index in [-0.39, 0.29) is 0 Å². The summed E-state index contributed by atoms with van der Waals surface area (Å²) in [5.74, 6) is 0. The first kappa shape index (κ1) is 6.97. The van der Waals surface area contributed by atoms with Crippen molar-refractivity contribution in [3.05, 3.63) is 0 Å². The predicted molar refractivity (Wildman–Crippen MR) is 45.1 cm³/mol. The lowest BCUT2D eigenvalue weighted by Gasteiger charge is -2.28. The van der Waals surface area contributed by atoms with Gasteiger partial charge >= 0.3 is 0 Å². The molecule has 0 N–H and O–H groups in total. The topological polar surface area (TPSA) is 0 Å². The molecule has 1 heterocycles. The summed E-state index contributed by atoms with van der Waals surface area (Å²) in [5, 5.41) is 0. The van der Waals surface area contributed by atoms with Crippen LogP contribution in [0.4, 0.5) is 0 Å². The molecule has 2 atom stereocenters. The van der Waals surface area contributed by atoms with E-state index in [0.29, 0.717) is 0 Å².